The maximum Gasteiger partial charge on any atom is 0.234 e. The molecule has 1 amide bonds. The Bertz CT molecular complexity index is 398. The van der Waals surface area contributed by atoms with Gasteiger partial charge in [-0.3, -0.25) is 4.79 Å². The van der Waals surface area contributed by atoms with E-state index >= 15 is 0 Å². The van der Waals surface area contributed by atoms with Crippen molar-refractivity contribution in [2.75, 3.05) is 19.3 Å². The number of benzene rings is 1. The van der Waals surface area contributed by atoms with E-state index in [1.807, 2.05) is 42.1 Å². The van der Waals surface area contributed by atoms with Crippen molar-refractivity contribution >= 4 is 17.7 Å². The zero-order chi connectivity index (χ0) is 13.6. The van der Waals surface area contributed by atoms with Crippen molar-refractivity contribution in [1.82, 2.24) is 10.6 Å². The van der Waals surface area contributed by atoms with Gasteiger partial charge in [-0.1, -0.05) is 36.8 Å². The van der Waals surface area contributed by atoms with Crippen LogP contribution in [0.2, 0.25) is 0 Å². The van der Waals surface area contributed by atoms with E-state index in [1.54, 1.807) is 0 Å². The third kappa shape index (κ3) is 4.25. The lowest BCUT2D eigenvalue weighted by Crippen LogP contribution is -2.46. The van der Waals surface area contributed by atoms with Gasteiger partial charge >= 0.3 is 0 Å². The number of amides is 1. The van der Waals surface area contributed by atoms with Gasteiger partial charge in [0.15, 0.2) is 0 Å². The van der Waals surface area contributed by atoms with Gasteiger partial charge in [-0.05, 0) is 24.7 Å². The maximum atomic E-state index is 11.7. The van der Waals surface area contributed by atoms with Gasteiger partial charge in [0, 0.05) is 17.8 Å². The number of hydrogen-bond acceptors (Lipinski definition) is 3. The van der Waals surface area contributed by atoms with Gasteiger partial charge in [0.1, 0.15) is 0 Å². The zero-order valence-corrected chi connectivity index (χ0v) is 12.3. The third-order valence-corrected chi connectivity index (χ3v) is 5.18. The van der Waals surface area contributed by atoms with Crippen LogP contribution in [0.1, 0.15) is 24.8 Å². The summed E-state index contributed by atoms with van der Waals surface area (Å²) >= 11 is 1.93. The summed E-state index contributed by atoms with van der Waals surface area (Å²) in [6.45, 7) is 1.96. The highest BCUT2D eigenvalue weighted by Crippen LogP contribution is 2.41. The minimum absolute atomic E-state index is 0.0689. The molecule has 0 saturated heterocycles. The van der Waals surface area contributed by atoms with Crippen LogP contribution in [0, 0.1) is 0 Å². The predicted molar refractivity (Wildman–Crippen MR) is 81.3 cm³/mol. The molecular weight excluding hydrogens is 256 g/mol. The lowest BCUT2D eigenvalue weighted by molar-refractivity contribution is -0.120. The molecule has 2 rings (SSSR count). The molecule has 4 heteroatoms. The molecule has 1 aromatic rings. The molecule has 0 aromatic heterocycles. The van der Waals surface area contributed by atoms with Gasteiger partial charge in [-0.25, -0.2) is 0 Å². The smallest absolute Gasteiger partial charge is 0.234 e. The Morgan fingerprint density at radius 2 is 2.05 bits per heavy atom. The lowest BCUT2D eigenvalue weighted by atomic mass is 9.84. The molecule has 0 spiro atoms. The van der Waals surface area contributed by atoms with E-state index in [-0.39, 0.29) is 5.91 Å². The second kappa shape index (κ2) is 6.96. The van der Waals surface area contributed by atoms with Gasteiger partial charge in [-0.15, -0.1) is 0 Å². The van der Waals surface area contributed by atoms with Crippen molar-refractivity contribution < 1.29 is 4.79 Å². The molecule has 0 heterocycles. The number of nitrogens with one attached hydrogen (secondary N) is 2. The molecule has 1 aliphatic rings. The monoisotopic (exact) mass is 278 g/mol. The van der Waals surface area contributed by atoms with Crippen molar-refractivity contribution in [3.63, 3.8) is 0 Å². The fourth-order valence-corrected chi connectivity index (χ4v) is 3.23. The van der Waals surface area contributed by atoms with Gasteiger partial charge in [0.25, 0.3) is 0 Å². The normalized spacial score (nSPS) is 16.7. The Kier molecular flexibility index (Phi) is 5.28. The van der Waals surface area contributed by atoms with Gasteiger partial charge in [0.05, 0.1) is 6.54 Å². The SMILES string of the molecule is CSC1(CNCC(=O)NCc2ccccc2)CCC1. The molecule has 0 aliphatic heterocycles. The molecular formula is C15H22N2OS. The van der Waals surface area contributed by atoms with Crippen molar-refractivity contribution in [3.05, 3.63) is 35.9 Å². The van der Waals surface area contributed by atoms with Crippen LogP contribution in [0.25, 0.3) is 0 Å². The van der Waals surface area contributed by atoms with Crippen LogP contribution in [-0.4, -0.2) is 30.0 Å². The summed E-state index contributed by atoms with van der Waals surface area (Å²) < 4.78 is 0.389. The van der Waals surface area contributed by atoms with Crippen LogP contribution in [0.3, 0.4) is 0 Å². The summed E-state index contributed by atoms with van der Waals surface area (Å²) in [4.78, 5) is 11.7. The summed E-state index contributed by atoms with van der Waals surface area (Å²) in [6, 6.07) is 9.99. The van der Waals surface area contributed by atoms with E-state index in [1.165, 1.54) is 19.3 Å². The number of carbonyl (C=O) groups is 1. The molecule has 0 unspecified atom stereocenters. The van der Waals surface area contributed by atoms with Crippen LogP contribution in [0.15, 0.2) is 30.3 Å². The molecule has 1 fully saturated rings. The van der Waals surface area contributed by atoms with Gasteiger partial charge in [-0.2, -0.15) is 11.8 Å². The van der Waals surface area contributed by atoms with E-state index in [0.717, 1.165) is 12.1 Å². The molecule has 104 valence electrons. The zero-order valence-electron chi connectivity index (χ0n) is 11.4. The standard InChI is InChI=1S/C15H22N2OS/c1-19-15(8-5-9-15)12-16-11-14(18)17-10-13-6-3-2-4-7-13/h2-4,6-7,16H,5,8-12H2,1H3,(H,17,18). The Hall–Kier alpha value is -1.00. The summed E-state index contributed by atoms with van der Waals surface area (Å²) in [5.41, 5.74) is 1.13. The number of carbonyl (C=O) groups excluding carboxylic acids is 1. The molecule has 19 heavy (non-hydrogen) atoms. The second-order valence-corrected chi connectivity index (χ2v) is 6.38. The van der Waals surface area contributed by atoms with Crippen LogP contribution >= 0.6 is 11.8 Å². The molecule has 1 saturated carbocycles. The third-order valence-electron chi connectivity index (χ3n) is 3.76. The highest BCUT2D eigenvalue weighted by Gasteiger charge is 2.35. The molecule has 3 nitrogen and oxygen atoms in total. The molecule has 1 aliphatic carbocycles. The number of rotatable bonds is 7. The topological polar surface area (TPSA) is 41.1 Å². The van der Waals surface area contributed by atoms with E-state index in [9.17, 15) is 4.79 Å². The Labute approximate surface area is 119 Å². The highest BCUT2D eigenvalue weighted by molar-refractivity contribution is 8.00. The minimum atomic E-state index is 0.0689. The van der Waals surface area contributed by atoms with E-state index in [0.29, 0.717) is 17.8 Å². The Morgan fingerprint density at radius 1 is 1.32 bits per heavy atom. The Morgan fingerprint density at radius 3 is 2.63 bits per heavy atom. The summed E-state index contributed by atoms with van der Waals surface area (Å²) in [7, 11) is 0. The average molecular weight is 278 g/mol. The van der Waals surface area contributed by atoms with Crippen molar-refractivity contribution in [2.45, 2.75) is 30.6 Å². The van der Waals surface area contributed by atoms with E-state index in [4.69, 9.17) is 0 Å². The highest BCUT2D eigenvalue weighted by atomic mass is 32.2. The number of thioether (sulfide) groups is 1. The summed E-state index contributed by atoms with van der Waals surface area (Å²) in [5.74, 6) is 0.0689. The summed E-state index contributed by atoms with van der Waals surface area (Å²) in [6.07, 6.45) is 6.03. The quantitative estimate of drug-likeness (QED) is 0.803. The molecule has 0 atom stereocenters. The molecule has 1 aromatic carbocycles. The van der Waals surface area contributed by atoms with Crippen molar-refractivity contribution in [1.29, 1.82) is 0 Å². The van der Waals surface area contributed by atoms with Crippen LogP contribution in [0.4, 0.5) is 0 Å². The first-order valence-electron chi connectivity index (χ1n) is 6.81. The predicted octanol–water partition coefficient (Wildman–Crippen LogP) is 2.18. The first-order chi connectivity index (χ1) is 9.24. The van der Waals surface area contributed by atoms with Crippen LogP contribution in [-0.2, 0) is 11.3 Å². The lowest BCUT2D eigenvalue weighted by Gasteiger charge is -2.40. The minimum Gasteiger partial charge on any atom is -0.351 e. The molecule has 0 radical (unpaired) electrons. The van der Waals surface area contributed by atoms with Crippen LogP contribution < -0.4 is 10.6 Å². The van der Waals surface area contributed by atoms with E-state index < -0.39 is 0 Å². The maximum absolute atomic E-state index is 11.7. The first-order valence-corrected chi connectivity index (χ1v) is 8.03. The van der Waals surface area contributed by atoms with Gasteiger partial charge < -0.3 is 10.6 Å². The fourth-order valence-electron chi connectivity index (χ4n) is 2.29. The summed E-state index contributed by atoms with van der Waals surface area (Å²) in [5, 5.41) is 6.21. The molecule has 2 N–H and O–H groups in total. The van der Waals surface area contributed by atoms with Crippen molar-refractivity contribution in [2.24, 2.45) is 0 Å². The Balaban J connectivity index is 1.62. The fraction of sp³-hybridized carbons (Fsp3) is 0.533. The van der Waals surface area contributed by atoms with Crippen LogP contribution in [0.5, 0.6) is 0 Å². The number of hydrogen-bond donors (Lipinski definition) is 2. The van der Waals surface area contributed by atoms with E-state index in [2.05, 4.69) is 16.9 Å². The first kappa shape index (κ1) is 14.4. The second-order valence-electron chi connectivity index (χ2n) is 5.11. The largest absolute Gasteiger partial charge is 0.351 e. The van der Waals surface area contributed by atoms with Gasteiger partial charge in [0.2, 0.25) is 5.91 Å². The van der Waals surface area contributed by atoms with Crippen molar-refractivity contribution in [3.8, 4) is 0 Å². The average Bonchev–Trinajstić information content (AvgIpc) is 2.41. The molecule has 0 bridgehead atoms.